The quantitative estimate of drug-likeness (QED) is 0.812. The average molecular weight is 326 g/mol. The lowest BCUT2D eigenvalue weighted by Gasteiger charge is -2.25. The van der Waals surface area contributed by atoms with Gasteiger partial charge in [-0.2, -0.15) is 0 Å². The lowest BCUT2D eigenvalue weighted by atomic mass is 9.81. The Balaban J connectivity index is 1.65. The molecule has 24 heavy (non-hydrogen) atoms. The second kappa shape index (κ2) is 5.65. The maximum atomic E-state index is 12.4. The Bertz CT molecular complexity index is 791. The zero-order valence-corrected chi connectivity index (χ0v) is 14.1. The van der Waals surface area contributed by atoms with Crippen molar-refractivity contribution < 1.29 is 14.3 Å². The normalized spacial score (nSPS) is 25.8. The molecule has 1 aromatic carbocycles. The highest BCUT2D eigenvalue weighted by Crippen LogP contribution is 2.50. The number of nitrogens with zero attached hydrogens (tertiary/aromatic N) is 2. The predicted octanol–water partition coefficient (Wildman–Crippen LogP) is 3.02. The number of fused-ring (bicyclic) bond motifs is 2. The van der Waals surface area contributed by atoms with Gasteiger partial charge in [0.05, 0.1) is 25.2 Å². The van der Waals surface area contributed by atoms with E-state index in [2.05, 4.69) is 11.0 Å². The van der Waals surface area contributed by atoms with Crippen molar-refractivity contribution in [1.82, 2.24) is 4.98 Å². The molecule has 0 N–H and O–H groups in total. The molecule has 5 nitrogen and oxygen atoms in total. The lowest BCUT2D eigenvalue weighted by Crippen LogP contribution is -2.37. The van der Waals surface area contributed by atoms with Gasteiger partial charge in [0.1, 0.15) is 11.6 Å². The topological polar surface area (TPSA) is 51.7 Å². The van der Waals surface area contributed by atoms with Crippen molar-refractivity contribution in [3.8, 4) is 5.75 Å². The van der Waals surface area contributed by atoms with Crippen LogP contribution in [0.2, 0.25) is 0 Å². The molecule has 1 aliphatic carbocycles. The summed E-state index contributed by atoms with van der Waals surface area (Å²) in [7, 11) is 3.16. The van der Waals surface area contributed by atoms with E-state index in [0.29, 0.717) is 12.5 Å². The fourth-order valence-electron chi connectivity index (χ4n) is 4.40. The van der Waals surface area contributed by atoms with Crippen LogP contribution in [0.25, 0.3) is 10.9 Å². The van der Waals surface area contributed by atoms with Gasteiger partial charge in [0.25, 0.3) is 0 Å². The minimum Gasteiger partial charge on any atom is -0.497 e. The summed E-state index contributed by atoms with van der Waals surface area (Å²) >= 11 is 0. The summed E-state index contributed by atoms with van der Waals surface area (Å²) in [5.74, 6) is 2.08. The van der Waals surface area contributed by atoms with Crippen LogP contribution >= 0.6 is 0 Å². The minimum atomic E-state index is -0.342. The fourth-order valence-corrected chi connectivity index (χ4v) is 4.40. The van der Waals surface area contributed by atoms with Gasteiger partial charge in [0, 0.05) is 18.5 Å². The number of pyridine rings is 1. The predicted molar refractivity (Wildman–Crippen MR) is 92.3 cm³/mol. The molecule has 1 aliphatic heterocycles. The number of carbonyl (C=O) groups excluding carboxylic acids is 1. The number of benzene rings is 1. The number of rotatable bonds is 3. The summed E-state index contributed by atoms with van der Waals surface area (Å²) in [4.78, 5) is 19.4. The molecular formula is C19H22N2O3. The van der Waals surface area contributed by atoms with Crippen molar-refractivity contribution in [1.29, 1.82) is 0 Å². The van der Waals surface area contributed by atoms with Crippen molar-refractivity contribution in [3.05, 3.63) is 30.3 Å². The first kappa shape index (κ1) is 15.2. The highest BCUT2D eigenvalue weighted by atomic mass is 16.5. The van der Waals surface area contributed by atoms with Crippen LogP contribution in [-0.4, -0.2) is 38.3 Å². The second-order valence-electron chi connectivity index (χ2n) is 6.85. The third kappa shape index (κ3) is 2.22. The van der Waals surface area contributed by atoms with Crippen LogP contribution in [0, 0.1) is 11.3 Å². The Kier molecular flexibility index (Phi) is 3.59. The minimum absolute atomic E-state index is 0.0574. The van der Waals surface area contributed by atoms with E-state index in [1.54, 1.807) is 7.11 Å². The summed E-state index contributed by atoms with van der Waals surface area (Å²) in [5.41, 5.74) is 0.600. The smallest absolute Gasteiger partial charge is 0.313 e. The summed E-state index contributed by atoms with van der Waals surface area (Å²) in [6.45, 7) is 1.59. The molecule has 0 amide bonds. The van der Waals surface area contributed by atoms with Gasteiger partial charge < -0.3 is 14.4 Å². The Hall–Kier alpha value is -2.30. The highest BCUT2D eigenvalue weighted by Gasteiger charge is 2.55. The third-order valence-corrected chi connectivity index (χ3v) is 5.67. The van der Waals surface area contributed by atoms with Crippen molar-refractivity contribution in [2.24, 2.45) is 11.3 Å². The molecular weight excluding hydrogens is 304 g/mol. The SMILES string of the molecule is COC(=O)C12CCCC1CN(c1ccc3cc(OC)ccc3n1)C2. The standard InChI is InChI=1S/C19H22N2O3/c1-23-15-6-7-16-13(10-15)5-8-17(20-16)21-11-14-4-3-9-19(14,12-21)18(22)24-2/h5-8,10,14H,3-4,9,11-12H2,1-2H3. The number of esters is 1. The molecule has 2 heterocycles. The lowest BCUT2D eigenvalue weighted by molar-refractivity contribution is -0.152. The van der Waals surface area contributed by atoms with Gasteiger partial charge in [0.15, 0.2) is 0 Å². The van der Waals surface area contributed by atoms with Crippen molar-refractivity contribution in [3.63, 3.8) is 0 Å². The number of ether oxygens (including phenoxy) is 2. The maximum Gasteiger partial charge on any atom is 0.313 e. The van der Waals surface area contributed by atoms with Crippen LogP contribution in [0.5, 0.6) is 5.75 Å². The molecule has 0 bridgehead atoms. The van der Waals surface area contributed by atoms with Crippen LogP contribution in [0.3, 0.4) is 0 Å². The summed E-state index contributed by atoms with van der Waals surface area (Å²) in [6.07, 6.45) is 3.13. The number of aromatic nitrogens is 1. The van der Waals surface area contributed by atoms with Crippen LogP contribution < -0.4 is 9.64 Å². The van der Waals surface area contributed by atoms with Crippen molar-refractivity contribution in [2.75, 3.05) is 32.2 Å². The second-order valence-corrected chi connectivity index (χ2v) is 6.85. The Morgan fingerprint density at radius 1 is 1.29 bits per heavy atom. The number of hydrogen-bond donors (Lipinski definition) is 0. The molecule has 5 heteroatoms. The van der Waals surface area contributed by atoms with Crippen LogP contribution in [0.4, 0.5) is 5.82 Å². The zero-order valence-electron chi connectivity index (χ0n) is 14.1. The third-order valence-electron chi connectivity index (χ3n) is 5.67. The molecule has 0 spiro atoms. The largest absolute Gasteiger partial charge is 0.497 e. The Labute approximate surface area is 141 Å². The summed E-state index contributed by atoms with van der Waals surface area (Å²) in [5, 5.41) is 1.06. The first-order valence-corrected chi connectivity index (χ1v) is 8.44. The van der Waals surface area contributed by atoms with E-state index in [0.717, 1.165) is 48.3 Å². The van der Waals surface area contributed by atoms with Gasteiger partial charge in [-0.15, -0.1) is 0 Å². The molecule has 1 saturated carbocycles. The van der Waals surface area contributed by atoms with Gasteiger partial charge in [0.2, 0.25) is 0 Å². The molecule has 1 aromatic heterocycles. The van der Waals surface area contributed by atoms with Gasteiger partial charge in [-0.05, 0) is 49.1 Å². The zero-order chi connectivity index (χ0) is 16.7. The van der Waals surface area contributed by atoms with E-state index in [-0.39, 0.29) is 11.4 Å². The molecule has 0 radical (unpaired) electrons. The molecule has 2 atom stereocenters. The van der Waals surface area contributed by atoms with Gasteiger partial charge >= 0.3 is 5.97 Å². The molecule has 4 rings (SSSR count). The summed E-state index contributed by atoms with van der Waals surface area (Å²) < 4.78 is 10.4. The first-order chi connectivity index (χ1) is 11.7. The first-order valence-electron chi connectivity index (χ1n) is 8.44. The van der Waals surface area contributed by atoms with E-state index in [9.17, 15) is 4.79 Å². The Morgan fingerprint density at radius 2 is 2.17 bits per heavy atom. The van der Waals surface area contributed by atoms with E-state index in [1.807, 2.05) is 24.3 Å². The van der Waals surface area contributed by atoms with Crippen LogP contribution in [0.1, 0.15) is 19.3 Å². The van der Waals surface area contributed by atoms with E-state index in [1.165, 1.54) is 7.11 Å². The molecule has 2 fully saturated rings. The molecule has 126 valence electrons. The Morgan fingerprint density at radius 3 is 2.96 bits per heavy atom. The molecule has 2 aliphatic rings. The number of methoxy groups -OCH3 is 2. The fraction of sp³-hybridized carbons (Fsp3) is 0.474. The highest BCUT2D eigenvalue weighted by molar-refractivity contribution is 5.83. The number of carbonyl (C=O) groups is 1. The van der Waals surface area contributed by atoms with Crippen molar-refractivity contribution in [2.45, 2.75) is 19.3 Å². The molecule has 2 aromatic rings. The van der Waals surface area contributed by atoms with E-state index in [4.69, 9.17) is 14.5 Å². The molecule has 2 unspecified atom stereocenters. The van der Waals surface area contributed by atoms with E-state index < -0.39 is 0 Å². The molecule has 1 saturated heterocycles. The van der Waals surface area contributed by atoms with Gasteiger partial charge in [-0.1, -0.05) is 6.42 Å². The average Bonchev–Trinajstić information content (AvgIpc) is 3.18. The summed E-state index contributed by atoms with van der Waals surface area (Å²) in [6, 6.07) is 9.99. The van der Waals surface area contributed by atoms with Gasteiger partial charge in [-0.3, -0.25) is 4.79 Å². The number of hydrogen-bond acceptors (Lipinski definition) is 5. The van der Waals surface area contributed by atoms with Crippen molar-refractivity contribution >= 4 is 22.7 Å². The van der Waals surface area contributed by atoms with Gasteiger partial charge in [-0.25, -0.2) is 4.98 Å². The maximum absolute atomic E-state index is 12.4. The van der Waals surface area contributed by atoms with Crippen LogP contribution in [0.15, 0.2) is 30.3 Å². The van der Waals surface area contributed by atoms with E-state index >= 15 is 0 Å². The monoisotopic (exact) mass is 326 g/mol. The van der Waals surface area contributed by atoms with Crippen LogP contribution in [-0.2, 0) is 9.53 Å². The number of anilines is 1.